The van der Waals surface area contributed by atoms with Crippen molar-refractivity contribution in [1.82, 2.24) is 10.3 Å². The van der Waals surface area contributed by atoms with E-state index in [-0.39, 0.29) is 18.1 Å². The number of carbonyl (C=O) groups excluding carboxylic acids is 3. The fraction of sp³-hybridized carbons (Fsp3) is 0.188. The normalized spacial score (nSPS) is 10.0. The van der Waals surface area contributed by atoms with Crippen LogP contribution in [0.4, 0.5) is 0 Å². The Hall–Kier alpha value is -2.89. The van der Waals surface area contributed by atoms with E-state index in [1.54, 1.807) is 0 Å². The first-order valence-corrected chi connectivity index (χ1v) is 6.73. The number of benzene rings is 1. The van der Waals surface area contributed by atoms with E-state index in [0.717, 1.165) is 5.56 Å². The Balaban J connectivity index is 1.78. The van der Waals surface area contributed by atoms with Gasteiger partial charge in [0.05, 0.1) is 0 Å². The molecule has 0 aliphatic heterocycles. The van der Waals surface area contributed by atoms with Crippen molar-refractivity contribution in [2.75, 3.05) is 6.61 Å². The SMILES string of the molecule is CC(=O)c1c[nH]c(C(=O)OCC(=O)NCc2ccccc2)c1. The lowest BCUT2D eigenvalue weighted by molar-refractivity contribution is -0.124. The Morgan fingerprint density at radius 1 is 1.18 bits per heavy atom. The van der Waals surface area contributed by atoms with Gasteiger partial charge < -0.3 is 15.0 Å². The van der Waals surface area contributed by atoms with E-state index < -0.39 is 11.9 Å². The highest BCUT2D eigenvalue weighted by Gasteiger charge is 2.13. The molecule has 1 amide bonds. The lowest BCUT2D eigenvalue weighted by atomic mass is 10.2. The number of amides is 1. The van der Waals surface area contributed by atoms with Crippen molar-refractivity contribution >= 4 is 17.7 Å². The van der Waals surface area contributed by atoms with Crippen LogP contribution in [0.15, 0.2) is 42.6 Å². The van der Waals surface area contributed by atoms with Gasteiger partial charge in [-0.05, 0) is 18.6 Å². The smallest absolute Gasteiger partial charge is 0.355 e. The molecule has 6 nitrogen and oxygen atoms in total. The highest BCUT2D eigenvalue weighted by atomic mass is 16.5. The first kappa shape index (κ1) is 15.5. The summed E-state index contributed by atoms with van der Waals surface area (Å²) < 4.78 is 4.88. The van der Waals surface area contributed by atoms with Gasteiger partial charge in [-0.1, -0.05) is 30.3 Å². The van der Waals surface area contributed by atoms with Gasteiger partial charge in [-0.25, -0.2) is 4.79 Å². The second-order valence-electron chi connectivity index (χ2n) is 4.70. The van der Waals surface area contributed by atoms with Crippen LogP contribution in [0.5, 0.6) is 0 Å². The molecule has 1 aromatic carbocycles. The van der Waals surface area contributed by atoms with Crippen molar-refractivity contribution in [2.45, 2.75) is 13.5 Å². The molecule has 0 saturated heterocycles. The molecule has 0 fully saturated rings. The molecule has 22 heavy (non-hydrogen) atoms. The Morgan fingerprint density at radius 3 is 2.55 bits per heavy atom. The summed E-state index contributed by atoms with van der Waals surface area (Å²) in [6.07, 6.45) is 1.43. The van der Waals surface area contributed by atoms with Crippen molar-refractivity contribution in [1.29, 1.82) is 0 Å². The van der Waals surface area contributed by atoms with Crippen LogP contribution in [0.25, 0.3) is 0 Å². The summed E-state index contributed by atoms with van der Waals surface area (Å²) in [5.74, 6) is -1.23. The van der Waals surface area contributed by atoms with E-state index in [1.807, 2.05) is 30.3 Å². The molecule has 0 spiro atoms. The summed E-state index contributed by atoms with van der Waals surface area (Å²) in [5.41, 5.74) is 1.49. The van der Waals surface area contributed by atoms with Crippen molar-refractivity contribution in [3.8, 4) is 0 Å². The van der Waals surface area contributed by atoms with E-state index in [2.05, 4.69) is 10.3 Å². The molecule has 2 rings (SSSR count). The molecule has 6 heteroatoms. The molecule has 2 aromatic rings. The van der Waals surface area contributed by atoms with Gasteiger partial charge in [-0.3, -0.25) is 9.59 Å². The molecule has 2 N–H and O–H groups in total. The van der Waals surface area contributed by atoms with Crippen molar-refractivity contribution in [3.63, 3.8) is 0 Å². The number of ketones is 1. The molecule has 1 aromatic heterocycles. The van der Waals surface area contributed by atoms with Crippen LogP contribution in [-0.4, -0.2) is 29.3 Å². The lowest BCUT2D eigenvalue weighted by Gasteiger charge is -2.06. The standard InChI is InChI=1S/C16H16N2O4/c1-11(19)13-7-14(17-9-13)16(21)22-10-15(20)18-8-12-5-3-2-4-6-12/h2-7,9,17H,8,10H2,1H3,(H,18,20). The highest BCUT2D eigenvalue weighted by Crippen LogP contribution is 2.05. The Kier molecular flexibility index (Phi) is 5.08. The summed E-state index contributed by atoms with van der Waals surface area (Å²) >= 11 is 0. The third-order valence-corrected chi connectivity index (χ3v) is 2.98. The van der Waals surface area contributed by atoms with Crippen LogP contribution >= 0.6 is 0 Å². The molecule has 0 bridgehead atoms. The first-order chi connectivity index (χ1) is 10.6. The third kappa shape index (κ3) is 4.31. The number of aromatic nitrogens is 1. The van der Waals surface area contributed by atoms with Crippen LogP contribution < -0.4 is 5.32 Å². The maximum atomic E-state index is 11.7. The molecular formula is C16H16N2O4. The minimum Gasteiger partial charge on any atom is -0.451 e. The number of carbonyl (C=O) groups is 3. The quantitative estimate of drug-likeness (QED) is 0.627. The molecule has 114 valence electrons. The Labute approximate surface area is 127 Å². The minimum absolute atomic E-state index is 0.140. The predicted molar refractivity (Wildman–Crippen MR) is 79.4 cm³/mol. The molecule has 0 unspecified atom stereocenters. The number of aromatic amines is 1. The molecule has 0 radical (unpaired) electrons. The average Bonchev–Trinajstić information content (AvgIpc) is 3.02. The topological polar surface area (TPSA) is 88.3 Å². The zero-order valence-corrected chi connectivity index (χ0v) is 12.1. The Bertz CT molecular complexity index is 676. The molecule has 0 saturated carbocycles. The predicted octanol–water partition coefficient (Wildman–Crippen LogP) is 1.69. The maximum absolute atomic E-state index is 11.7. The number of Topliss-reactive ketones (excluding diaryl/α,β-unsaturated/α-hetero) is 1. The zero-order valence-electron chi connectivity index (χ0n) is 12.1. The van der Waals surface area contributed by atoms with Gasteiger partial charge in [0.2, 0.25) is 0 Å². The largest absolute Gasteiger partial charge is 0.451 e. The van der Waals surface area contributed by atoms with Crippen LogP contribution in [0.1, 0.15) is 33.3 Å². The van der Waals surface area contributed by atoms with Gasteiger partial charge in [0.25, 0.3) is 5.91 Å². The number of hydrogen-bond donors (Lipinski definition) is 2. The van der Waals surface area contributed by atoms with Gasteiger partial charge in [0.15, 0.2) is 12.4 Å². The molecule has 1 heterocycles. The monoisotopic (exact) mass is 300 g/mol. The first-order valence-electron chi connectivity index (χ1n) is 6.73. The van der Waals surface area contributed by atoms with Crippen LogP contribution in [-0.2, 0) is 16.1 Å². The fourth-order valence-electron chi connectivity index (χ4n) is 1.77. The minimum atomic E-state index is -0.678. The van der Waals surface area contributed by atoms with E-state index >= 15 is 0 Å². The van der Waals surface area contributed by atoms with Crippen LogP contribution in [0.3, 0.4) is 0 Å². The number of nitrogens with one attached hydrogen (secondary N) is 2. The second kappa shape index (κ2) is 7.21. The maximum Gasteiger partial charge on any atom is 0.355 e. The Morgan fingerprint density at radius 2 is 1.91 bits per heavy atom. The molecule has 0 aliphatic rings. The summed E-state index contributed by atoms with van der Waals surface area (Å²) in [7, 11) is 0. The molecular weight excluding hydrogens is 284 g/mol. The fourth-order valence-corrected chi connectivity index (χ4v) is 1.77. The van der Waals surface area contributed by atoms with Gasteiger partial charge in [0.1, 0.15) is 5.69 Å². The highest BCUT2D eigenvalue weighted by molar-refractivity contribution is 5.97. The number of H-pyrrole nitrogens is 1. The number of hydrogen-bond acceptors (Lipinski definition) is 4. The number of rotatable bonds is 6. The third-order valence-electron chi connectivity index (χ3n) is 2.98. The summed E-state index contributed by atoms with van der Waals surface area (Å²) in [6.45, 7) is 1.39. The van der Waals surface area contributed by atoms with E-state index in [1.165, 1.54) is 19.2 Å². The van der Waals surface area contributed by atoms with Gasteiger partial charge in [0, 0.05) is 18.3 Å². The van der Waals surface area contributed by atoms with Crippen molar-refractivity contribution in [2.24, 2.45) is 0 Å². The lowest BCUT2D eigenvalue weighted by Crippen LogP contribution is -2.28. The number of esters is 1. The van der Waals surface area contributed by atoms with E-state index in [4.69, 9.17) is 4.74 Å². The summed E-state index contributed by atoms with van der Waals surface area (Å²) in [6, 6.07) is 10.8. The molecule has 0 aliphatic carbocycles. The van der Waals surface area contributed by atoms with E-state index in [9.17, 15) is 14.4 Å². The van der Waals surface area contributed by atoms with Crippen molar-refractivity contribution < 1.29 is 19.1 Å². The average molecular weight is 300 g/mol. The van der Waals surface area contributed by atoms with Crippen LogP contribution in [0.2, 0.25) is 0 Å². The zero-order chi connectivity index (χ0) is 15.9. The van der Waals surface area contributed by atoms with Gasteiger partial charge in [-0.2, -0.15) is 0 Å². The number of ether oxygens (including phenoxy) is 1. The second-order valence-corrected chi connectivity index (χ2v) is 4.70. The summed E-state index contributed by atoms with van der Waals surface area (Å²) in [5, 5.41) is 2.65. The van der Waals surface area contributed by atoms with Gasteiger partial charge in [-0.15, -0.1) is 0 Å². The van der Waals surface area contributed by atoms with Crippen LogP contribution in [0, 0.1) is 0 Å². The molecule has 0 atom stereocenters. The van der Waals surface area contributed by atoms with Crippen molar-refractivity contribution in [3.05, 3.63) is 59.4 Å². The summed E-state index contributed by atoms with van der Waals surface area (Å²) in [4.78, 5) is 37.1. The van der Waals surface area contributed by atoms with Gasteiger partial charge >= 0.3 is 5.97 Å². The van der Waals surface area contributed by atoms with E-state index in [0.29, 0.717) is 12.1 Å².